The Labute approximate surface area is 140 Å². The number of piperidine rings is 1. The average Bonchev–Trinajstić information content (AvgIpc) is 2.54. The molecule has 0 unspecified atom stereocenters. The number of aliphatic carboxylic acids is 2. The summed E-state index contributed by atoms with van der Waals surface area (Å²) in [7, 11) is 0. The summed E-state index contributed by atoms with van der Waals surface area (Å²) in [5.74, 6) is -3.59. The highest BCUT2D eigenvalue weighted by molar-refractivity contribution is 5.93. The van der Waals surface area contributed by atoms with Crippen LogP contribution in [0.5, 0.6) is 0 Å². The molecule has 0 radical (unpaired) electrons. The lowest BCUT2D eigenvalue weighted by molar-refractivity contribution is -0.192. The summed E-state index contributed by atoms with van der Waals surface area (Å²) >= 11 is 0. The molecule has 2 rings (SSSR count). The van der Waals surface area contributed by atoms with Crippen molar-refractivity contribution >= 4 is 23.7 Å². The molecule has 0 spiro atoms. The predicted octanol–water partition coefficient (Wildman–Crippen LogP) is 1.11. The number of carbonyl (C=O) groups excluding carboxylic acids is 1. The molecule has 1 fully saturated rings. The summed E-state index contributed by atoms with van der Waals surface area (Å²) in [6.07, 6.45) is -2.35. The third-order valence-electron chi connectivity index (χ3n) is 3.44. The number of pyridine rings is 1. The average molecular weight is 363 g/mol. The SMILES string of the molecule is NC(=O)c1ccnc(N2CCC(C(=O)O)CC2)c1.O=C(O)C(F)(F)F. The first-order valence-corrected chi connectivity index (χ1v) is 7.06. The third-order valence-corrected chi connectivity index (χ3v) is 3.44. The molecule has 138 valence electrons. The number of amides is 1. The van der Waals surface area contributed by atoms with Crippen LogP contribution in [0.1, 0.15) is 23.2 Å². The van der Waals surface area contributed by atoms with E-state index in [0.29, 0.717) is 37.3 Å². The highest BCUT2D eigenvalue weighted by atomic mass is 19.4. The summed E-state index contributed by atoms with van der Waals surface area (Å²) in [6.45, 7) is 1.26. The van der Waals surface area contributed by atoms with E-state index in [1.54, 1.807) is 18.3 Å². The summed E-state index contributed by atoms with van der Waals surface area (Å²) in [6, 6.07) is 3.21. The minimum atomic E-state index is -5.08. The molecule has 0 bridgehead atoms. The molecule has 2 heterocycles. The lowest BCUT2D eigenvalue weighted by atomic mass is 9.97. The lowest BCUT2D eigenvalue weighted by Gasteiger charge is -2.31. The van der Waals surface area contributed by atoms with Gasteiger partial charge in [-0.05, 0) is 25.0 Å². The fourth-order valence-corrected chi connectivity index (χ4v) is 2.10. The molecule has 1 aliphatic rings. The molecule has 8 nitrogen and oxygen atoms in total. The summed E-state index contributed by atoms with van der Waals surface area (Å²) in [5, 5.41) is 16.0. The van der Waals surface area contributed by atoms with Crippen LogP contribution < -0.4 is 10.6 Å². The highest BCUT2D eigenvalue weighted by Gasteiger charge is 2.38. The summed E-state index contributed by atoms with van der Waals surface area (Å²) < 4.78 is 31.7. The molecule has 1 aromatic heterocycles. The van der Waals surface area contributed by atoms with Crippen molar-refractivity contribution in [3.63, 3.8) is 0 Å². The van der Waals surface area contributed by atoms with E-state index >= 15 is 0 Å². The van der Waals surface area contributed by atoms with E-state index in [-0.39, 0.29) is 5.92 Å². The van der Waals surface area contributed by atoms with Crippen LogP contribution in [0, 0.1) is 5.92 Å². The second kappa shape index (κ2) is 8.31. The van der Waals surface area contributed by atoms with Crippen LogP contribution in [0.2, 0.25) is 0 Å². The third kappa shape index (κ3) is 6.28. The maximum Gasteiger partial charge on any atom is 0.490 e. The van der Waals surface area contributed by atoms with E-state index in [0.717, 1.165) is 0 Å². The number of nitrogens with zero attached hydrogens (tertiary/aromatic N) is 2. The molecular weight excluding hydrogens is 347 g/mol. The number of hydrogen-bond donors (Lipinski definition) is 3. The number of alkyl halides is 3. The zero-order chi connectivity index (χ0) is 19.2. The van der Waals surface area contributed by atoms with Gasteiger partial charge in [-0.1, -0.05) is 0 Å². The molecule has 11 heteroatoms. The Hall–Kier alpha value is -2.85. The van der Waals surface area contributed by atoms with Gasteiger partial charge in [0, 0.05) is 24.8 Å². The molecule has 0 atom stereocenters. The van der Waals surface area contributed by atoms with Crippen LogP contribution >= 0.6 is 0 Å². The van der Waals surface area contributed by atoms with Crippen molar-refractivity contribution in [1.29, 1.82) is 0 Å². The fraction of sp³-hybridized carbons (Fsp3) is 0.429. The quantitative estimate of drug-likeness (QED) is 0.732. The first-order chi connectivity index (χ1) is 11.5. The van der Waals surface area contributed by atoms with Gasteiger partial charge in [-0.15, -0.1) is 0 Å². The molecule has 1 saturated heterocycles. The van der Waals surface area contributed by atoms with Crippen LogP contribution in [0.15, 0.2) is 18.3 Å². The van der Waals surface area contributed by atoms with Crippen LogP contribution in [-0.2, 0) is 9.59 Å². The number of hydrogen-bond acceptors (Lipinski definition) is 5. The van der Waals surface area contributed by atoms with Gasteiger partial charge in [-0.2, -0.15) is 13.2 Å². The number of carbonyl (C=O) groups is 3. The standard InChI is InChI=1S/C12H15N3O3.C2HF3O2/c13-11(16)9-1-4-14-10(7-9)15-5-2-8(3-6-15)12(17)18;3-2(4,5)1(6)7/h1,4,7-8H,2-3,5-6H2,(H2,13,16)(H,17,18);(H,6,7). The minimum absolute atomic E-state index is 0.277. The van der Waals surface area contributed by atoms with Gasteiger partial charge in [0.15, 0.2) is 0 Å². The normalized spacial score (nSPS) is 15.1. The molecule has 4 N–H and O–H groups in total. The second-order valence-electron chi connectivity index (χ2n) is 5.17. The summed E-state index contributed by atoms with van der Waals surface area (Å²) in [5.41, 5.74) is 5.63. The monoisotopic (exact) mass is 363 g/mol. The number of carboxylic acid groups (broad SMARTS) is 2. The maximum atomic E-state index is 11.1. The Morgan fingerprint density at radius 3 is 2.12 bits per heavy atom. The van der Waals surface area contributed by atoms with Crippen molar-refractivity contribution in [2.75, 3.05) is 18.0 Å². The van der Waals surface area contributed by atoms with Crippen molar-refractivity contribution < 1.29 is 37.8 Å². The van der Waals surface area contributed by atoms with E-state index in [9.17, 15) is 22.8 Å². The van der Waals surface area contributed by atoms with E-state index in [4.69, 9.17) is 20.7 Å². The second-order valence-corrected chi connectivity index (χ2v) is 5.17. The number of rotatable bonds is 3. The molecular formula is C14H16F3N3O5. The van der Waals surface area contributed by atoms with Crippen LogP contribution in [0.25, 0.3) is 0 Å². The highest BCUT2D eigenvalue weighted by Crippen LogP contribution is 2.22. The number of aromatic nitrogens is 1. The van der Waals surface area contributed by atoms with Gasteiger partial charge in [0.2, 0.25) is 5.91 Å². The minimum Gasteiger partial charge on any atom is -0.481 e. The van der Waals surface area contributed by atoms with E-state index < -0.39 is 24.0 Å². The van der Waals surface area contributed by atoms with E-state index in [2.05, 4.69) is 4.98 Å². The Bertz CT molecular complexity index is 643. The van der Waals surface area contributed by atoms with Crippen molar-refractivity contribution in [3.8, 4) is 0 Å². The van der Waals surface area contributed by atoms with Gasteiger partial charge in [0.1, 0.15) is 5.82 Å². The van der Waals surface area contributed by atoms with Gasteiger partial charge < -0.3 is 20.8 Å². The molecule has 1 aromatic rings. The molecule has 0 saturated carbocycles. The predicted molar refractivity (Wildman–Crippen MR) is 79.0 cm³/mol. The summed E-state index contributed by atoms with van der Waals surface area (Å²) in [4.78, 5) is 37.0. The molecule has 0 aliphatic carbocycles. The topological polar surface area (TPSA) is 134 Å². The molecule has 0 aromatic carbocycles. The Morgan fingerprint density at radius 1 is 1.20 bits per heavy atom. The van der Waals surface area contributed by atoms with Gasteiger partial charge in [-0.3, -0.25) is 9.59 Å². The largest absolute Gasteiger partial charge is 0.490 e. The number of anilines is 1. The number of nitrogens with two attached hydrogens (primary N) is 1. The van der Waals surface area contributed by atoms with Gasteiger partial charge >= 0.3 is 18.1 Å². The van der Waals surface area contributed by atoms with Crippen molar-refractivity contribution in [3.05, 3.63) is 23.9 Å². The lowest BCUT2D eigenvalue weighted by Crippen LogP contribution is -2.36. The first kappa shape index (κ1) is 20.2. The van der Waals surface area contributed by atoms with Crippen molar-refractivity contribution in [2.45, 2.75) is 19.0 Å². The zero-order valence-electron chi connectivity index (χ0n) is 12.9. The molecule has 1 aliphatic heterocycles. The van der Waals surface area contributed by atoms with Crippen LogP contribution in [-0.4, -0.2) is 52.3 Å². The smallest absolute Gasteiger partial charge is 0.481 e. The van der Waals surface area contributed by atoms with Crippen molar-refractivity contribution in [2.24, 2.45) is 11.7 Å². The van der Waals surface area contributed by atoms with Gasteiger partial charge in [-0.25, -0.2) is 9.78 Å². The number of carboxylic acids is 2. The maximum absolute atomic E-state index is 11.1. The van der Waals surface area contributed by atoms with E-state index in [1.165, 1.54) is 0 Å². The number of halogens is 3. The number of primary amides is 1. The fourth-order valence-electron chi connectivity index (χ4n) is 2.10. The molecule has 1 amide bonds. The van der Waals surface area contributed by atoms with E-state index in [1.807, 2.05) is 4.90 Å². The van der Waals surface area contributed by atoms with Crippen LogP contribution in [0.3, 0.4) is 0 Å². The van der Waals surface area contributed by atoms with Gasteiger partial charge in [0.05, 0.1) is 5.92 Å². The Balaban J connectivity index is 0.000000381. The van der Waals surface area contributed by atoms with Crippen LogP contribution in [0.4, 0.5) is 19.0 Å². The molecule has 25 heavy (non-hydrogen) atoms. The zero-order valence-corrected chi connectivity index (χ0v) is 12.9. The Kier molecular flexibility index (Phi) is 6.71. The van der Waals surface area contributed by atoms with Crippen molar-refractivity contribution in [1.82, 2.24) is 4.98 Å². The Morgan fingerprint density at radius 2 is 1.72 bits per heavy atom. The first-order valence-electron chi connectivity index (χ1n) is 7.06. The van der Waals surface area contributed by atoms with Gasteiger partial charge in [0.25, 0.3) is 0 Å².